The predicted molar refractivity (Wildman–Crippen MR) is 112 cm³/mol. The molecule has 0 fully saturated rings. The highest BCUT2D eigenvalue weighted by atomic mass is 32.1. The summed E-state index contributed by atoms with van der Waals surface area (Å²) < 4.78 is 3.78. The van der Waals surface area contributed by atoms with Gasteiger partial charge in [0.25, 0.3) is 5.91 Å². The van der Waals surface area contributed by atoms with Gasteiger partial charge in [-0.1, -0.05) is 30.3 Å². The topological polar surface area (TPSA) is 64.7 Å². The fourth-order valence-corrected chi connectivity index (χ4v) is 4.45. The molecule has 0 aliphatic carbocycles. The summed E-state index contributed by atoms with van der Waals surface area (Å²) in [7, 11) is 1.89. The van der Waals surface area contributed by atoms with Crippen LogP contribution in [0.25, 0.3) is 26.9 Å². The fraction of sp³-hybridized carbons (Fsp3) is 0.0952. The number of carbonyl (C=O) groups excluding carboxylic acids is 1. The minimum absolute atomic E-state index is 0.173. The van der Waals surface area contributed by atoms with Gasteiger partial charge >= 0.3 is 0 Å². The molecule has 0 aliphatic heterocycles. The molecule has 28 heavy (non-hydrogen) atoms. The van der Waals surface area contributed by atoms with Crippen molar-refractivity contribution in [3.63, 3.8) is 0 Å². The summed E-state index contributed by atoms with van der Waals surface area (Å²) in [6.07, 6.45) is 0. The Morgan fingerprint density at radius 3 is 2.61 bits per heavy atom. The van der Waals surface area contributed by atoms with E-state index in [4.69, 9.17) is 0 Å². The van der Waals surface area contributed by atoms with Gasteiger partial charge in [-0.25, -0.2) is 4.98 Å². The number of hydrogen-bond acceptors (Lipinski definition) is 4. The maximum absolute atomic E-state index is 13.0. The zero-order valence-electron chi connectivity index (χ0n) is 15.4. The van der Waals surface area contributed by atoms with Crippen LogP contribution in [0, 0.1) is 6.92 Å². The first-order valence-corrected chi connectivity index (χ1v) is 9.71. The second kappa shape index (κ2) is 6.31. The number of fused-ring (bicyclic) bond motifs is 2. The third-order valence-corrected chi connectivity index (χ3v) is 5.92. The molecular weight excluding hydrogens is 370 g/mol. The Morgan fingerprint density at radius 1 is 1.07 bits per heavy atom. The van der Waals surface area contributed by atoms with Crippen molar-refractivity contribution in [3.8, 4) is 5.69 Å². The molecule has 138 valence electrons. The standard InChI is InChI=1S/C21H17N5OS/c1-13-15-12-18(28-20(15)25(2)24-13)19(27)23-21-22-16-10-6-7-11-17(16)26(21)14-8-4-3-5-9-14/h3-12H,1-2H3,(H,22,23,27). The second-order valence-electron chi connectivity index (χ2n) is 6.59. The van der Waals surface area contributed by atoms with Crippen molar-refractivity contribution in [2.75, 3.05) is 5.32 Å². The third-order valence-electron chi connectivity index (χ3n) is 4.72. The maximum atomic E-state index is 13.0. The van der Waals surface area contributed by atoms with Crippen LogP contribution in [0.4, 0.5) is 5.95 Å². The lowest BCUT2D eigenvalue weighted by Crippen LogP contribution is -2.14. The van der Waals surface area contributed by atoms with Crippen LogP contribution in [0.5, 0.6) is 0 Å². The lowest BCUT2D eigenvalue weighted by atomic mass is 10.3. The molecule has 5 aromatic rings. The van der Waals surface area contributed by atoms with Gasteiger partial charge in [0.15, 0.2) is 0 Å². The molecule has 0 saturated carbocycles. The number of rotatable bonds is 3. The van der Waals surface area contributed by atoms with E-state index in [1.165, 1.54) is 11.3 Å². The lowest BCUT2D eigenvalue weighted by molar-refractivity contribution is 0.102. The minimum Gasteiger partial charge on any atom is -0.291 e. The highest BCUT2D eigenvalue weighted by Crippen LogP contribution is 2.29. The molecule has 0 aliphatic rings. The normalized spacial score (nSPS) is 11.4. The number of anilines is 1. The van der Waals surface area contributed by atoms with Crippen molar-refractivity contribution < 1.29 is 4.79 Å². The van der Waals surface area contributed by atoms with Crippen LogP contribution < -0.4 is 5.32 Å². The second-order valence-corrected chi connectivity index (χ2v) is 7.62. The van der Waals surface area contributed by atoms with Crippen molar-refractivity contribution in [3.05, 3.63) is 71.2 Å². The first-order chi connectivity index (χ1) is 13.6. The van der Waals surface area contributed by atoms with Crippen LogP contribution in [0.2, 0.25) is 0 Å². The van der Waals surface area contributed by atoms with Gasteiger partial charge in [-0.05, 0) is 37.3 Å². The first kappa shape index (κ1) is 16.7. The molecule has 0 radical (unpaired) electrons. The van der Waals surface area contributed by atoms with Gasteiger partial charge in [0.05, 0.1) is 21.6 Å². The van der Waals surface area contributed by atoms with E-state index in [-0.39, 0.29) is 5.91 Å². The Kier molecular flexibility index (Phi) is 3.77. The number of thiophene rings is 1. The van der Waals surface area contributed by atoms with Crippen LogP contribution in [-0.2, 0) is 7.05 Å². The number of hydrogen-bond donors (Lipinski definition) is 1. The zero-order chi connectivity index (χ0) is 19.3. The van der Waals surface area contributed by atoms with Gasteiger partial charge in [0, 0.05) is 18.1 Å². The van der Waals surface area contributed by atoms with Crippen LogP contribution in [0.1, 0.15) is 15.4 Å². The van der Waals surface area contributed by atoms with Crippen LogP contribution >= 0.6 is 11.3 Å². The highest BCUT2D eigenvalue weighted by molar-refractivity contribution is 7.20. The van der Waals surface area contributed by atoms with Gasteiger partial charge in [0.1, 0.15) is 4.83 Å². The van der Waals surface area contributed by atoms with E-state index < -0.39 is 0 Å². The molecule has 0 bridgehead atoms. The molecule has 2 aromatic carbocycles. The van der Waals surface area contributed by atoms with Crippen molar-refractivity contribution in [2.24, 2.45) is 7.05 Å². The van der Waals surface area contributed by atoms with Crippen molar-refractivity contribution >= 4 is 44.4 Å². The number of amides is 1. The average Bonchev–Trinajstić information content (AvgIpc) is 3.36. The first-order valence-electron chi connectivity index (χ1n) is 8.89. The van der Waals surface area contributed by atoms with Gasteiger partial charge in [-0.2, -0.15) is 5.10 Å². The Morgan fingerprint density at radius 2 is 1.82 bits per heavy atom. The van der Waals surface area contributed by atoms with Crippen molar-refractivity contribution in [1.29, 1.82) is 0 Å². The van der Waals surface area contributed by atoms with E-state index in [2.05, 4.69) is 15.4 Å². The summed E-state index contributed by atoms with van der Waals surface area (Å²) in [6, 6.07) is 19.7. The summed E-state index contributed by atoms with van der Waals surface area (Å²) in [6.45, 7) is 1.95. The summed E-state index contributed by atoms with van der Waals surface area (Å²) in [5, 5.41) is 8.40. The molecule has 0 unspecified atom stereocenters. The molecule has 6 nitrogen and oxygen atoms in total. The van der Waals surface area contributed by atoms with Crippen LogP contribution in [-0.4, -0.2) is 25.2 Å². The molecule has 5 rings (SSSR count). The molecule has 0 spiro atoms. The number of nitrogens with zero attached hydrogens (tertiary/aromatic N) is 4. The van der Waals surface area contributed by atoms with Crippen LogP contribution in [0.15, 0.2) is 60.7 Å². The zero-order valence-corrected chi connectivity index (χ0v) is 16.2. The van der Waals surface area contributed by atoms with E-state index in [1.54, 1.807) is 0 Å². The molecular formula is C21H17N5OS. The molecule has 1 amide bonds. The molecule has 1 N–H and O–H groups in total. The Hall–Kier alpha value is -3.45. The molecule has 3 heterocycles. The predicted octanol–water partition coefficient (Wildman–Crippen LogP) is 4.53. The number of carbonyl (C=O) groups is 1. The molecule has 0 atom stereocenters. The third kappa shape index (κ3) is 2.59. The van der Waals surface area contributed by atoms with Gasteiger partial charge in [-0.3, -0.25) is 19.4 Å². The number of imidazole rings is 1. The number of aromatic nitrogens is 4. The number of benzene rings is 2. The summed E-state index contributed by atoms with van der Waals surface area (Å²) >= 11 is 1.43. The van der Waals surface area contributed by atoms with E-state index in [9.17, 15) is 4.79 Å². The molecule has 0 saturated heterocycles. The van der Waals surface area contributed by atoms with E-state index >= 15 is 0 Å². The summed E-state index contributed by atoms with van der Waals surface area (Å²) in [5.41, 5.74) is 3.64. The maximum Gasteiger partial charge on any atom is 0.268 e. The Balaban J connectivity index is 1.59. The van der Waals surface area contributed by atoms with E-state index in [1.807, 2.05) is 83.9 Å². The van der Waals surface area contributed by atoms with Crippen LogP contribution in [0.3, 0.4) is 0 Å². The Bertz CT molecular complexity index is 1290. The van der Waals surface area contributed by atoms with E-state index in [0.29, 0.717) is 10.8 Å². The Labute approximate surface area is 165 Å². The summed E-state index contributed by atoms with van der Waals surface area (Å²) in [4.78, 5) is 19.3. The van der Waals surface area contributed by atoms with Gasteiger partial charge in [0.2, 0.25) is 5.95 Å². The molecule has 3 aromatic heterocycles. The smallest absolute Gasteiger partial charge is 0.268 e. The highest BCUT2D eigenvalue weighted by Gasteiger charge is 2.19. The largest absolute Gasteiger partial charge is 0.291 e. The average molecular weight is 387 g/mol. The fourth-order valence-electron chi connectivity index (χ4n) is 3.43. The monoisotopic (exact) mass is 387 g/mol. The quantitative estimate of drug-likeness (QED) is 0.494. The molecule has 7 heteroatoms. The number of aryl methyl sites for hydroxylation is 2. The lowest BCUT2D eigenvalue weighted by Gasteiger charge is -2.09. The number of nitrogens with one attached hydrogen (secondary N) is 1. The van der Waals surface area contributed by atoms with Gasteiger partial charge < -0.3 is 0 Å². The van der Waals surface area contributed by atoms with Gasteiger partial charge in [-0.15, -0.1) is 11.3 Å². The minimum atomic E-state index is -0.173. The van der Waals surface area contributed by atoms with Crippen molar-refractivity contribution in [2.45, 2.75) is 6.92 Å². The summed E-state index contributed by atoms with van der Waals surface area (Å²) in [5.74, 6) is 0.331. The number of para-hydroxylation sites is 3. The van der Waals surface area contributed by atoms with Crippen molar-refractivity contribution in [1.82, 2.24) is 19.3 Å². The SMILES string of the molecule is Cc1nn(C)c2sc(C(=O)Nc3nc4ccccc4n3-c3ccccc3)cc12. The van der Waals surface area contributed by atoms with E-state index in [0.717, 1.165) is 32.6 Å².